The van der Waals surface area contributed by atoms with Crippen molar-refractivity contribution in [3.05, 3.63) is 0 Å². The van der Waals surface area contributed by atoms with Gasteiger partial charge in [-0.3, -0.25) is 4.79 Å². The van der Waals surface area contributed by atoms with Crippen LogP contribution >= 0.6 is 0 Å². The third-order valence-electron chi connectivity index (χ3n) is 2.92. The van der Waals surface area contributed by atoms with Crippen molar-refractivity contribution in [3.63, 3.8) is 0 Å². The maximum absolute atomic E-state index is 11.7. The summed E-state index contributed by atoms with van der Waals surface area (Å²) < 4.78 is 5.00. The molecule has 3 nitrogen and oxygen atoms in total. The molecule has 0 heterocycles. The maximum Gasteiger partial charge on any atom is 0.251 e. The molecular weight excluding hydrogens is 166 g/mol. The molecule has 0 saturated heterocycles. The number of methoxy groups -OCH3 is 1. The van der Waals surface area contributed by atoms with Crippen molar-refractivity contribution in [3.8, 4) is 0 Å². The number of likely N-dealkylation sites (N-methyl/N-ethyl adjacent to an activating group) is 1. The Balaban J connectivity index is 2.45. The van der Waals surface area contributed by atoms with Crippen molar-refractivity contribution in [2.75, 3.05) is 14.2 Å². The zero-order valence-electron chi connectivity index (χ0n) is 8.75. The van der Waals surface area contributed by atoms with E-state index >= 15 is 0 Å². The van der Waals surface area contributed by atoms with Crippen LogP contribution in [0, 0.1) is 0 Å². The molecule has 0 radical (unpaired) electrons. The fraction of sp³-hybridized carbons (Fsp3) is 0.900. The third kappa shape index (κ3) is 2.44. The largest absolute Gasteiger partial charge is 0.372 e. The van der Waals surface area contributed by atoms with Gasteiger partial charge in [0.15, 0.2) is 0 Å². The van der Waals surface area contributed by atoms with Crippen LogP contribution in [0.4, 0.5) is 0 Å². The summed E-state index contributed by atoms with van der Waals surface area (Å²) in [6.45, 7) is 1.80. The van der Waals surface area contributed by atoms with Crippen LogP contribution in [0.15, 0.2) is 0 Å². The standard InChI is InChI=1S/C10H19NO2/c1-8(13-3)10(12)11(2)9-6-4-5-7-9/h8-9H,4-7H2,1-3H3. The lowest BCUT2D eigenvalue weighted by atomic mass is 10.2. The molecule has 0 aromatic rings. The van der Waals surface area contributed by atoms with Crippen molar-refractivity contribution in [1.29, 1.82) is 0 Å². The Bertz CT molecular complexity index is 176. The average molecular weight is 185 g/mol. The summed E-state index contributed by atoms with van der Waals surface area (Å²) in [6, 6.07) is 0.449. The quantitative estimate of drug-likeness (QED) is 0.665. The number of rotatable bonds is 3. The van der Waals surface area contributed by atoms with Crippen LogP contribution in [0.3, 0.4) is 0 Å². The van der Waals surface area contributed by atoms with E-state index in [9.17, 15) is 4.79 Å². The molecule has 1 aliphatic carbocycles. The van der Waals surface area contributed by atoms with Gasteiger partial charge in [-0.25, -0.2) is 0 Å². The number of hydrogen-bond donors (Lipinski definition) is 0. The van der Waals surface area contributed by atoms with Crippen LogP contribution < -0.4 is 0 Å². The van der Waals surface area contributed by atoms with E-state index in [0.717, 1.165) is 12.8 Å². The Hall–Kier alpha value is -0.570. The summed E-state index contributed by atoms with van der Waals surface area (Å²) in [5, 5.41) is 0. The third-order valence-corrected chi connectivity index (χ3v) is 2.92. The van der Waals surface area contributed by atoms with Gasteiger partial charge in [-0.2, -0.15) is 0 Å². The summed E-state index contributed by atoms with van der Waals surface area (Å²) in [7, 11) is 3.46. The van der Waals surface area contributed by atoms with E-state index < -0.39 is 0 Å². The topological polar surface area (TPSA) is 29.5 Å². The smallest absolute Gasteiger partial charge is 0.251 e. The molecule has 0 N–H and O–H groups in total. The lowest BCUT2D eigenvalue weighted by Crippen LogP contribution is -2.41. The molecule has 0 aliphatic heterocycles. The molecule has 1 rings (SSSR count). The van der Waals surface area contributed by atoms with E-state index in [1.54, 1.807) is 14.0 Å². The van der Waals surface area contributed by atoms with E-state index in [2.05, 4.69) is 0 Å². The first-order valence-electron chi connectivity index (χ1n) is 4.96. The van der Waals surface area contributed by atoms with Crippen LogP contribution in [0.25, 0.3) is 0 Å². The van der Waals surface area contributed by atoms with Gasteiger partial charge in [0.1, 0.15) is 6.10 Å². The summed E-state index contributed by atoms with van der Waals surface area (Å²) in [5.74, 6) is 0.106. The molecule has 0 aromatic carbocycles. The van der Waals surface area contributed by atoms with Crippen molar-refractivity contribution < 1.29 is 9.53 Å². The van der Waals surface area contributed by atoms with E-state index in [-0.39, 0.29) is 12.0 Å². The predicted molar refractivity (Wildman–Crippen MR) is 51.5 cm³/mol. The van der Waals surface area contributed by atoms with Gasteiger partial charge in [-0.05, 0) is 19.8 Å². The molecule has 1 fully saturated rings. The monoisotopic (exact) mass is 185 g/mol. The molecule has 1 aliphatic rings. The van der Waals surface area contributed by atoms with Gasteiger partial charge in [0, 0.05) is 20.2 Å². The fourth-order valence-corrected chi connectivity index (χ4v) is 1.86. The van der Waals surface area contributed by atoms with Crippen LogP contribution in [0.1, 0.15) is 32.6 Å². The Morgan fingerprint density at radius 3 is 2.46 bits per heavy atom. The molecule has 1 amide bonds. The highest BCUT2D eigenvalue weighted by Gasteiger charge is 2.26. The van der Waals surface area contributed by atoms with Gasteiger partial charge >= 0.3 is 0 Å². The highest BCUT2D eigenvalue weighted by atomic mass is 16.5. The lowest BCUT2D eigenvalue weighted by molar-refractivity contribution is -0.141. The number of nitrogens with zero attached hydrogens (tertiary/aromatic N) is 1. The molecular formula is C10H19NO2. The molecule has 1 unspecified atom stereocenters. The second-order valence-electron chi connectivity index (χ2n) is 3.77. The van der Waals surface area contributed by atoms with Crippen LogP contribution in [0.5, 0.6) is 0 Å². The minimum atomic E-state index is -0.300. The van der Waals surface area contributed by atoms with Gasteiger partial charge in [-0.1, -0.05) is 12.8 Å². The molecule has 0 bridgehead atoms. The van der Waals surface area contributed by atoms with Gasteiger partial charge < -0.3 is 9.64 Å². The van der Waals surface area contributed by atoms with Gasteiger partial charge in [0.25, 0.3) is 5.91 Å². The zero-order chi connectivity index (χ0) is 9.84. The first-order chi connectivity index (χ1) is 6.16. The minimum Gasteiger partial charge on any atom is -0.372 e. The number of carbonyl (C=O) groups is 1. The highest BCUT2D eigenvalue weighted by molar-refractivity contribution is 5.80. The second kappa shape index (κ2) is 4.61. The Labute approximate surface area is 80.1 Å². The van der Waals surface area contributed by atoms with Crippen molar-refractivity contribution in [2.45, 2.75) is 44.8 Å². The summed E-state index contributed by atoms with van der Waals surface area (Å²) in [6.07, 6.45) is 4.51. The Morgan fingerprint density at radius 2 is 2.00 bits per heavy atom. The lowest BCUT2D eigenvalue weighted by Gasteiger charge is -2.26. The molecule has 76 valence electrons. The van der Waals surface area contributed by atoms with Gasteiger partial charge in [0.2, 0.25) is 0 Å². The SMILES string of the molecule is COC(C)C(=O)N(C)C1CCCC1. The highest BCUT2D eigenvalue weighted by Crippen LogP contribution is 2.22. The first kappa shape index (κ1) is 10.5. The minimum absolute atomic E-state index is 0.106. The molecule has 0 aromatic heterocycles. The molecule has 1 atom stereocenters. The Morgan fingerprint density at radius 1 is 1.46 bits per heavy atom. The van der Waals surface area contributed by atoms with E-state index in [1.807, 2.05) is 11.9 Å². The van der Waals surface area contributed by atoms with Crippen molar-refractivity contribution in [2.24, 2.45) is 0 Å². The summed E-state index contributed by atoms with van der Waals surface area (Å²) >= 11 is 0. The van der Waals surface area contributed by atoms with E-state index in [0.29, 0.717) is 6.04 Å². The molecule has 0 spiro atoms. The number of carbonyl (C=O) groups excluding carboxylic acids is 1. The number of ether oxygens (including phenoxy) is 1. The van der Waals surface area contributed by atoms with Crippen LogP contribution in [-0.2, 0) is 9.53 Å². The van der Waals surface area contributed by atoms with Crippen LogP contribution in [-0.4, -0.2) is 37.1 Å². The van der Waals surface area contributed by atoms with Crippen molar-refractivity contribution in [1.82, 2.24) is 4.90 Å². The number of hydrogen-bond acceptors (Lipinski definition) is 2. The molecule has 13 heavy (non-hydrogen) atoms. The predicted octanol–water partition coefficient (Wildman–Crippen LogP) is 1.42. The van der Waals surface area contributed by atoms with Gasteiger partial charge in [-0.15, -0.1) is 0 Å². The fourth-order valence-electron chi connectivity index (χ4n) is 1.86. The normalized spacial score (nSPS) is 20.2. The zero-order valence-corrected chi connectivity index (χ0v) is 8.75. The Kier molecular flexibility index (Phi) is 3.72. The maximum atomic E-state index is 11.7. The summed E-state index contributed by atoms with van der Waals surface area (Å²) in [5.41, 5.74) is 0. The van der Waals surface area contributed by atoms with Crippen molar-refractivity contribution >= 4 is 5.91 Å². The average Bonchev–Trinajstić information content (AvgIpc) is 2.67. The van der Waals surface area contributed by atoms with Gasteiger partial charge in [0.05, 0.1) is 0 Å². The number of amides is 1. The molecule has 1 saturated carbocycles. The van der Waals surface area contributed by atoms with Crippen LogP contribution in [0.2, 0.25) is 0 Å². The second-order valence-corrected chi connectivity index (χ2v) is 3.77. The molecule has 3 heteroatoms. The van der Waals surface area contributed by atoms with E-state index in [4.69, 9.17) is 4.74 Å². The first-order valence-corrected chi connectivity index (χ1v) is 4.96. The van der Waals surface area contributed by atoms with E-state index in [1.165, 1.54) is 12.8 Å². The summed E-state index contributed by atoms with van der Waals surface area (Å²) in [4.78, 5) is 13.5.